The molecule has 0 radical (unpaired) electrons. The third kappa shape index (κ3) is 4.21. The molecule has 2 unspecified atom stereocenters. The van der Waals surface area contributed by atoms with Gasteiger partial charge in [-0.1, -0.05) is 32.4 Å². The van der Waals surface area contributed by atoms with Gasteiger partial charge in [-0.05, 0) is 37.5 Å². The van der Waals surface area contributed by atoms with Gasteiger partial charge in [-0.15, -0.1) is 0 Å². The van der Waals surface area contributed by atoms with Gasteiger partial charge in [-0.3, -0.25) is 4.90 Å². The maximum atomic E-state index is 5.35. The van der Waals surface area contributed by atoms with Crippen LogP contribution >= 0.6 is 0 Å². The van der Waals surface area contributed by atoms with Crippen LogP contribution in [0.25, 0.3) is 0 Å². The quantitative estimate of drug-likeness (QED) is 0.900. The van der Waals surface area contributed by atoms with E-state index in [1.54, 1.807) is 7.11 Å². The van der Waals surface area contributed by atoms with Crippen molar-refractivity contribution in [2.75, 3.05) is 20.2 Å². The molecule has 2 atom stereocenters. The number of hydrogen-bond donors (Lipinski definition) is 1. The molecular weight excluding hydrogens is 260 g/mol. The van der Waals surface area contributed by atoms with Gasteiger partial charge in [-0.25, -0.2) is 0 Å². The molecule has 0 amide bonds. The molecule has 3 heteroatoms. The predicted octanol–water partition coefficient (Wildman–Crippen LogP) is 3.29. The molecule has 1 fully saturated rings. The zero-order chi connectivity index (χ0) is 15.5. The van der Waals surface area contributed by atoms with Crippen molar-refractivity contribution in [3.05, 3.63) is 29.8 Å². The van der Waals surface area contributed by atoms with Gasteiger partial charge in [0.25, 0.3) is 0 Å². The molecule has 1 heterocycles. The van der Waals surface area contributed by atoms with Gasteiger partial charge in [0, 0.05) is 31.2 Å². The number of nitrogens with one attached hydrogen (secondary N) is 1. The normalized spacial score (nSPS) is 23.8. The van der Waals surface area contributed by atoms with Crippen LogP contribution < -0.4 is 10.1 Å². The van der Waals surface area contributed by atoms with Crippen LogP contribution in [0.5, 0.6) is 5.75 Å². The van der Waals surface area contributed by atoms with Gasteiger partial charge in [0.1, 0.15) is 5.75 Å². The Balaban J connectivity index is 2.15. The van der Waals surface area contributed by atoms with Crippen LogP contribution in [0.2, 0.25) is 0 Å². The first-order valence-corrected chi connectivity index (χ1v) is 8.07. The maximum Gasteiger partial charge on any atom is 0.119 e. The molecule has 118 valence electrons. The molecule has 21 heavy (non-hydrogen) atoms. The summed E-state index contributed by atoms with van der Waals surface area (Å²) < 4.78 is 5.35. The molecule has 1 aliphatic rings. The molecule has 1 N–H and O–H groups in total. The molecule has 1 aromatic carbocycles. The Hall–Kier alpha value is -1.06. The van der Waals surface area contributed by atoms with E-state index < -0.39 is 0 Å². The summed E-state index contributed by atoms with van der Waals surface area (Å²) >= 11 is 0. The minimum Gasteiger partial charge on any atom is -0.497 e. The topological polar surface area (TPSA) is 24.5 Å². The highest BCUT2D eigenvalue weighted by molar-refractivity contribution is 5.28. The van der Waals surface area contributed by atoms with Gasteiger partial charge < -0.3 is 10.1 Å². The Morgan fingerprint density at radius 3 is 2.86 bits per heavy atom. The highest BCUT2D eigenvalue weighted by atomic mass is 16.5. The van der Waals surface area contributed by atoms with Crippen LogP contribution in [0.4, 0.5) is 0 Å². The van der Waals surface area contributed by atoms with E-state index in [2.05, 4.69) is 56.1 Å². The van der Waals surface area contributed by atoms with E-state index in [1.807, 2.05) is 6.07 Å². The van der Waals surface area contributed by atoms with Crippen LogP contribution in [0.1, 0.15) is 39.7 Å². The second kappa shape index (κ2) is 6.80. The average Bonchev–Trinajstić information content (AvgIpc) is 2.46. The Kier molecular flexibility index (Phi) is 5.28. The highest BCUT2D eigenvalue weighted by Crippen LogP contribution is 2.25. The standard InChI is InChI=1S/C18H30N2O/c1-6-14(2)17-11-19-18(3,4)13-20(17)12-15-8-7-9-16(10-15)21-5/h7-10,14,17,19H,6,11-13H2,1-5H3. The summed E-state index contributed by atoms with van der Waals surface area (Å²) in [6.07, 6.45) is 1.22. The summed E-state index contributed by atoms with van der Waals surface area (Å²) in [5, 5.41) is 3.70. The number of hydrogen-bond acceptors (Lipinski definition) is 3. The fourth-order valence-electron chi connectivity index (χ4n) is 3.20. The van der Waals surface area contributed by atoms with Crippen molar-refractivity contribution in [3.63, 3.8) is 0 Å². The van der Waals surface area contributed by atoms with E-state index in [0.29, 0.717) is 12.0 Å². The van der Waals surface area contributed by atoms with E-state index in [4.69, 9.17) is 4.74 Å². The van der Waals surface area contributed by atoms with Crippen molar-refractivity contribution in [1.82, 2.24) is 10.2 Å². The van der Waals surface area contributed by atoms with Crippen molar-refractivity contribution in [3.8, 4) is 5.75 Å². The number of methoxy groups -OCH3 is 1. The number of rotatable bonds is 5. The van der Waals surface area contributed by atoms with Crippen LogP contribution in [0.15, 0.2) is 24.3 Å². The van der Waals surface area contributed by atoms with Crippen molar-refractivity contribution in [2.24, 2.45) is 5.92 Å². The molecule has 0 spiro atoms. The molecule has 2 rings (SSSR count). The second-order valence-electron chi connectivity index (χ2n) is 6.97. The van der Waals surface area contributed by atoms with Gasteiger partial charge in [0.2, 0.25) is 0 Å². The number of ether oxygens (including phenoxy) is 1. The number of benzene rings is 1. The van der Waals surface area contributed by atoms with Crippen LogP contribution in [0.3, 0.4) is 0 Å². The minimum absolute atomic E-state index is 0.183. The zero-order valence-corrected chi connectivity index (χ0v) is 14.1. The molecule has 1 saturated heterocycles. The summed E-state index contributed by atoms with van der Waals surface area (Å²) in [5.41, 5.74) is 1.52. The maximum absolute atomic E-state index is 5.35. The lowest BCUT2D eigenvalue weighted by atomic mass is 9.90. The summed E-state index contributed by atoms with van der Waals surface area (Å²) in [7, 11) is 1.73. The Morgan fingerprint density at radius 2 is 2.19 bits per heavy atom. The van der Waals surface area contributed by atoms with Gasteiger partial charge >= 0.3 is 0 Å². The SMILES string of the molecule is CCC(C)C1CNC(C)(C)CN1Cc1cccc(OC)c1. The third-order valence-corrected chi connectivity index (χ3v) is 4.68. The molecule has 1 aliphatic heterocycles. The lowest BCUT2D eigenvalue weighted by Crippen LogP contribution is -2.62. The lowest BCUT2D eigenvalue weighted by Gasteiger charge is -2.47. The van der Waals surface area contributed by atoms with E-state index in [9.17, 15) is 0 Å². The molecule has 0 aliphatic carbocycles. The lowest BCUT2D eigenvalue weighted by molar-refractivity contribution is 0.0571. The summed E-state index contributed by atoms with van der Waals surface area (Å²) in [6.45, 7) is 12.4. The second-order valence-corrected chi connectivity index (χ2v) is 6.97. The summed E-state index contributed by atoms with van der Waals surface area (Å²) in [5.74, 6) is 1.65. The molecule has 0 aromatic heterocycles. The first kappa shape index (κ1) is 16.3. The van der Waals surface area contributed by atoms with Crippen molar-refractivity contribution in [2.45, 2.75) is 52.2 Å². The van der Waals surface area contributed by atoms with Crippen LogP contribution in [-0.2, 0) is 6.54 Å². The largest absolute Gasteiger partial charge is 0.497 e. The van der Waals surface area contributed by atoms with E-state index in [1.165, 1.54) is 12.0 Å². The monoisotopic (exact) mass is 290 g/mol. The number of piperazine rings is 1. The van der Waals surface area contributed by atoms with E-state index in [-0.39, 0.29) is 5.54 Å². The average molecular weight is 290 g/mol. The van der Waals surface area contributed by atoms with E-state index in [0.717, 1.165) is 25.4 Å². The van der Waals surface area contributed by atoms with Gasteiger partial charge in [0.15, 0.2) is 0 Å². The Morgan fingerprint density at radius 1 is 1.43 bits per heavy atom. The minimum atomic E-state index is 0.183. The third-order valence-electron chi connectivity index (χ3n) is 4.68. The van der Waals surface area contributed by atoms with Crippen LogP contribution in [-0.4, -0.2) is 36.7 Å². The number of nitrogens with zero attached hydrogens (tertiary/aromatic N) is 1. The molecule has 3 nitrogen and oxygen atoms in total. The predicted molar refractivity (Wildman–Crippen MR) is 88.7 cm³/mol. The Labute approximate surface area is 129 Å². The fraction of sp³-hybridized carbons (Fsp3) is 0.667. The van der Waals surface area contributed by atoms with E-state index >= 15 is 0 Å². The molecule has 0 saturated carbocycles. The zero-order valence-electron chi connectivity index (χ0n) is 14.1. The molecule has 1 aromatic rings. The summed E-state index contributed by atoms with van der Waals surface area (Å²) in [4.78, 5) is 2.64. The summed E-state index contributed by atoms with van der Waals surface area (Å²) in [6, 6.07) is 9.06. The van der Waals surface area contributed by atoms with Crippen LogP contribution in [0, 0.1) is 5.92 Å². The Bertz CT molecular complexity index is 458. The first-order chi connectivity index (χ1) is 9.95. The smallest absolute Gasteiger partial charge is 0.119 e. The van der Waals surface area contributed by atoms with Gasteiger partial charge in [-0.2, -0.15) is 0 Å². The molecule has 0 bridgehead atoms. The first-order valence-electron chi connectivity index (χ1n) is 8.07. The van der Waals surface area contributed by atoms with Crippen molar-refractivity contribution >= 4 is 0 Å². The molecular formula is C18H30N2O. The van der Waals surface area contributed by atoms with Crippen molar-refractivity contribution in [1.29, 1.82) is 0 Å². The van der Waals surface area contributed by atoms with Gasteiger partial charge in [0.05, 0.1) is 7.11 Å². The fourth-order valence-corrected chi connectivity index (χ4v) is 3.20. The van der Waals surface area contributed by atoms with Crippen molar-refractivity contribution < 1.29 is 4.74 Å². The highest BCUT2D eigenvalue weighted by Gasteiger charge is 2.34.